The van der Waals surface area contributed by atoms with Crippen LogP contribution >= 0.6 is 0 Å². The molecule has 3 aromatic rings. The van der Waals surface area contributed by atoms with Crippen molar-refractivity contribution in [1.29, 1.82) is 0 Å². The Labute approximate surface area is 170 Å². The Bertz CT molecular complexity index is 1080. The molecule has 0 aromatic heterocycles. The molecule has 29 heavy (non-hydrogen) atoms. The minimum Gasteiger partial charge on any atom is -0.497 e. The van der Waals surface area contributed by atoms with E-state index < -0.39 is 0 Å². The fourth-order valence-corrected chi connectivity index (χ4v) is 3.37. The minimum absolute atomic E-state index is 0.0934. The summed E-state index contributed by atoms with van der Waals surface area (Å²) in [4.78, 5) is 15.1. The van der Waals surface area contributed by atoms with Crippen molar-refractivity contribution < 1.29 is 14.3 Å². The van der Waals surface area contributed by atoms with Gasteiger partial charge in [0.15, 0.2) is 0 Å². The number of carbonyl (C=O) groups excluding carboxylic acids is 1. The Kier molecular flexibility index (Phi) is 5.16. The quantitative estimate of drug-likeness (QED) is 0.570. The van der Waals surface area contributed by atoms with Crippen molar-refractivity contribution in [3.8, 4) is 11.5 Å². The van der Waals surface area contributed by atoms with Crippen LogP contribution in [0.3, 0.4) is 0 Å². The highest BCUT2D eigenvalue weighted by Crippen LogP contribution is 2.39. The van der Waals surface area contributed by atoms with Crippen molar-refractivity contribution >= 4 is 23.4 Å². The van der Waals surface area contributed by atoms with E-state index in [9.17, 15) is 4.79 Å². The lowest BCUT2D eigenvalue weighted by molar-refractivity contribution is -0.113. The van der Waals surface area contributed by atoms with Gasteiger partial charge in [0.25, 0.3) is 5.91 Å². The average Bonchev–Trinajstić information content (AvgIpc) is 3.10. The molecule has 4 rings (SSSR count). The summed E-state index contributed by atoms with van der Waals surface area (Å²) in [6.07, 6.45) is 3.81. The van der Waals surface area contributed by atoms with E-state index in [2.05, 4.69) is 0 Å². The number of ether oxygens (including phenoxy) is 2. The lowest BCUT2D eigenvalue weighted by Gasteiger charge is -2.22. The number of rotatable bonds is 5. The molecule has 1 heterocycles. The number of anilines is 1. The van der Waals surface area contributed by atoms with Crippen LogP contribution in [0, 0.1) is 0 Å². The Morgan fingerprint density at radius 3 is 2.17 bits per heavy atom. The van der Waals surface area contributed by atoms with E-state index in [4.69, 9.17) is 9.47 Å². The summed E-state index contributed by atoms with van der Waals surface area (Å²) < 4.78 is 10.7. The Morgan fingerprint density at radius 1 is 0.793 bits per heavy atom. The van der Waals surface area contributed by atoms with Crippen LogP contribution in [0.15, 0.2) is 90.5 Å². The first-order chi connectivity index (χ1) is 14.2. The number of carbonyl (C=O) groups is 1. The molecule has 3 aromatic carbocycles. The SMILES string of the molecule is COc1ccc(/C=C2\C=C(c3ccccc3)N(c3ccccc3OC)C2=O)cc1. The summed E-state index contributed by atoms with van der Waals surface area (Å²) in [5, 5.41) is 0. The van der Waals surface area contributed by atoms with Crippen LogP contribution in [0.25, 0.3) is 11.8 Å². The number of benzene rings is 3. The Hall–Kier alpha value is -3.79. The van der Waals surface area contributed by atoms with Gasteiger partial charge < -0.3 is 9.47 Å². The number of nitrogens with zero attached hydrogens (tertiary/aromatic N) is 1. The van der Waals surface area contributed by atoms with E-state index in [-0.39, 0.29) is 5.91 Å². The zero-order chi connectivity index (χ0) is 20.2. The van der Waals surface area contributed by atoms with Gasteiger partial charge in [0.05, 0.1) is 25.6 Å². The standard InChI is InChI=1S/C25H21NO3/c1-28-21-14-12-18(13-15-21)16-20-17-23(19-8-4-3-5-9-19)26(25(20)27)22-10-6-7-11-24(22)29-2/h3-17H,1-2H3/b20-16+. The van der Waals surface area contributed by atoms with Gasteiger partial charge in [0.2, 0.25) is 0 Å². The summed E-state index contributed by atoms with van der Waals surface area (Å²) in [6, 6.07) is 25.1. The molecule has 0 N–H and O–H groups in total. The molecule has 0 bridgehead atoms. The lowest BCUT2D eigenvalue weighted by Crippen LogP contribution is -2.25. The van der Waals surface area contributed by atoms with E-state index in [1.165, 1.54) is 0 Å². The zero-order valence-corrected chi connectivity index (χ0v) is 16.3. The van der Waals surface area contributed by atoms with Crippen molar-refractivity contribution in [2.24, 2.45) is 0 Å². The summed E-state index contributed by atoms with van der Waals surface area (Å²) >= 11 is 0. The first-order valence-electron chi connectivity index (χ1n) is 9.31. The summed E-state index contributed by atoms with van der Waals surface area (Å²) in [5.41, 5.74) is 4.04. The highest BCUT2D eigenvalue weighted by atomic mass is 16.5. The van der Waals surface area contributed by atoms with E-state index in [0.717, 1.165) is 22.6 Å². The van der Waals surface area contributed by atoms with Crippen LogP contribution in [-0.2, 0) is 4.79 Å². The lowest BCUT2D eigenvalue weighted by atomic mass is 10.1. The molecule has 0 spiro atoms. The predicted octanol–water partition coefficient (Wildman–Crippen LogP) is 5.18. The molecule has 0 unspecified atom stereocenters. The molecule has 0 aliphatic carbocycles. The largest absolute Gasteiger partial charge is 0.497 e. The van der Waals surface area contributed by atoms with Crippen molar-refractivity contribution in [1.82, 2.24) is 0 Å². The summed E-state index contributed by atoms with van der Waals surface area (Å²) in [5.74, 6) is 1.33. The molecule has 0 fully saturated rings. The van der Waals surface area contributed by atoms with E-state index in [0.29, 0.717) is 17.0 Å². The molecule has 1 aliphatic heterocycles. The van der Waals surface area contributed by atoms with Gasteiger partial charge >= 0.3 is 0 Å². The Balaban J connectivity index is 1.81. The smallest absolute Gasteiger partial charge is 0.263 e. The maximum atomic E-state index is 13.4. The van der Waals surface area contributed by atoms with E-state index in [1.807, 2.05) is 91.0 Å². The van der Waals surface area contributed by atoms with Gasteiger partial charge in [-0.15, -0.1) is 0 Å². The van der Waals surface area contributed by atoms with Crippen LogP contribution in [0.4, 0.5) is 5.69 Å². The molecule has 0 atom stereocenters. The van der Waals surface area contributed by atoms with Crippen molar-refractivity contribution in [2.75, 3.05) is 19.1 Å². The Morgan fingerprint density at radius 2 is 1.48 bits per heavy atom. The first kappa shape index (κ1) is 18.6. The average molecular weight is 383 g/mol. The predicted molar refractivity (Wildman–Crippen MR) is 116 cm³/mol. The van der Waals surface area contributed by atoms with Gasteiger partial charge in [0.1, 0.15) is 11.5 Å². The monoisotopic (exact) mass is 383 g/mol. The normalized spacial score (nSPS) is 14.8. The number of hydrogen-bond donors (Lipinski definition) is 0. The second kappa shape index (κ2) is 8.07. The highest BCUT2D eigenvalue weighted by Gasteiger charge is 2.32. The molecule has 1 aliphatic rings. The fourth-order valence-electron chi connectivity index (χ4n) is 3.37. The molecule has 144 valence electrons. The molecule has 0 saturated heterocycles. The van der Waals surface area contributed by atoms with Crippen molar-refractivity contribution in [2.45, 2.75) is 0 Å². The molecular formula is C25H21NO3. The minimum atomic E-state index is -0.0934. The zero-order valence-electron chi connectivity index (χ0n) is 16.3. The van der Waals surface area contributed by atoms with E-state index >= 15 is 0 Å². The van der Waals surface area contributed by atoms with Crippen molar-refractivity contribution in [3.05, 3.63) is 102 Å². The van der Waals surface area contributed by atoms with E-state index in [1.54, 1.807) is 19.1 Å². The molecular weight excluding hydrogens is 362 g/mol. The maximum Gasteiger partial charge on any atom is 0.263 e. The highest BCUT2D eigenvalue weighted by molar-refractivity contribution is 6.23. The fraction of sp³-hybridized carbons (Fsp3) is 0.0800. The van der Waals surface area contributed by atoms with Gasteiger partial charge in [-0.1, -0.05) is 54.6 Å². The van der Waals surface area contributed by atoms with Gasteiger partial charge in [-0.2, -0.15) is 0 Å². The van der Waals surface area contributed by atoms with Gasteiger partial charge in [-0.3, -0.25) is 9.69 Å². The van der Waals surface area contributed by atoms with Crippen molar-refractivity contribution in [3.63, 3.8) is 0 Å². The molecule has 4 heteroatoms. The molecule has 4 nitrogen and oxygen atoms in total. The topological polar surface area (TPSA) is 38.8 Å². The second-order valence-corrected chi connectivity index (χ2v) is 6.58. The van der Waals surface area contributed by atoms with Gasteiger partial charge in [0, 0.05) is 5.57 Å². The summed E-state index contributed by atoms with van der Waals surface area (Å²) in [6.45, 7) is 0. The van der Waals surface area contributed by atoms with Crippen LogP contribution in [-0.4, -0.2) is 20.1 Å². The summed E-state index contributed by atoms with van der Waals surface area (Å²) in [7, 11) is 3.24. The van der Waals surface area contributed by atoms with Crippen LogP contribution in [0.5, 0.6) is 11.5 Å². The molecule has 0 saturated carbocycles. The third-order valence-corrected chi connectivity index (χ3v) is 4.82. The third kappa shape index (κ3) is 3.65. The third-order valence-electron chi connectivity index (χ3n) is 4.82. The van der Waals surface area contributed by atoms with Crippen LogP contribution < -0.4 is 14.4 Å². The molecule has 1 amide bonds. The maximum absolute atomic E-state index is 13.4. The van der Waals surface area contributed by atoms with Gasteiger partial charge in [-0.25, -0.2) is 0 Å². The number of amides is 1. The van der Waals surface area contributed by atoms with Crippen LogP contribution in [0.1, 0.15) is 11.1 Å². The van der Waals surface area contributed by atoms with Crippen LogP contribution in [0.2, 0.25) is 0 Å². The molecule has 0 radical (unpaired) electrons. The second-order valence-electron chi connectivity index (χ2n) is 6.58. The number of para-hydroxylation sites is 2. The number of methoxy groups -OCH3 is 2. The first-order valence-corrected chi connectivity index (χ1v) is 9.31. The van der Waals surface area contributed by atoms with Gasteiger partial charge in [-0.05, 0) is 47.5 Å². The number of hydrogen-bond acceptors (Lipinski definition) is 3.